The molecule has 0 radical (unpaired) electrons. The first-order valence-corrected chi connectivity index (χ1v) is 7.77. The van der Waals surface area contributed by atoms with Crippen molar-refractivity contribution < 1.29 is 0 Å². The van der Waals surface area contributed by atoms with Crippen LogP contribution in [0, 0.1) is 0 Å². The van der Waals surface area contributed by atoms with Gasteiger partial charge >= 0.3 is 0 Å². The molecule has 3 rings (SSSR count). The van der Waals surface area contributed by atoms with Crippen molar-refractivity contribution in [1.82, 2.24) is 0 Å². The fourth-order valence-corrected chi connectivity index (χ4v) is 3.03. The topological polar surface area (TPSA) is 3.24 Å². The molecule has 1 nitrogen and oxygen atoms in total. The Morgan fingerprint density at radius 1 is 0.810 bits per heavy atom. The van der Waals surface area contributed by atoms with Gasteiger partial charge in [0.15, 0.2) is 0 Å². The van der Waals surface area contributed by atoms with E-state index >= 15 is 0 Å². The van der Waals surface area contributed by atoms with Gasteiger partial charge in [-0.3, -0.25) is 0 Å². The van der Waals surface area contributed by atoms with E-state index in [1.807, 2.05) is 6.07 Å². The normalized spacial score (nSPS) is 10.8. The summed E-state index contributed by atoms with van der Waals surface area (Å²) in [5.41, 5.74) is 3.58. The van der Waals surface area contributed by atoms with Gasteiger partial charge in [-0.1, -0.05) is 54.6 Å². The molecule has 0 heterocycles. The van der Waals surface area contributed by atoms with Crippen molar-refractivity contribution in [3.8, 4) is 0 Å². The number of halogens is 1. The van der Waals surface area contributed by atoms with E-state index in [9.17, 15) is 0 Å². The number of rotatable bonds is 4. The Morgan fingerprint density at radius 2 is 1.48 bits per heavy atom. The van der Waals surface area contributed by atoms with E-state index in [1.54, 1.807) is 0 Å². The monoisotopic (exact) mass is 295 g/mol. The number of hydrogen-bond acceptors (Lipinski definition) is 1. The van der Waals surface area contributed by atoms with Crippen LogP contribution >= 0.6 is 11.6 Å². The summed E-state index contributed by atoms with van der Waals surface area (Å²) in [5.74, 6) is 0.525. The summed E-state index contributed by atoms with van der Waals surface area (Å²) in [6, 6.07) is 23.3. The summed E-state index contributed by atoms with van der Waals surface area (Å²) < 4.78 is 0. The average molecular weight is 296 g/mol. The molecule has 0 saturated heterocycles. The Bertz CT molecular complexity index is 746. The summed E-state index contributed by atoms with van der Waals surface area (Å²) in [6.07, 6.45) is 0. The molecule has 21 heavy (non-hydrogen) atoms. The van der Waals surface area contributed by atoms with Gasteiger partial charge in [0.2, 0.25) is 0 Å². The van der Waals surface area contributed by atoms with Gasteiger partial charge in [0.05, 0.1) is 0 Å². The number of para-hydroxylation sites is 1. The summed E-state index contributed by atoms with van der Waals surface area (Å²) in [7, 11) is 0. The molecule has 3 aromatic rings. The van der Waals surface area contributed by atoms with Crippen molar-refractivity contribution in [2.24, 2.45) is 0 Å². The van der Waals surface area contributed by atoms with Crippen molar-refractivity contribution in [2.45, 2.75) is 12.8 Å². The maximum absolute atomic E-state index is 6.11. The summed E-state index contributed by atoms with van der Waals surface area (Å²) in [5, 5.41) is 2.53. The molecule has 0 aliphatic carbocycles. The van der Waals surface area contributed by atoms with Crippen LogP contribution in [0.4, 0.5) is 11.4 Å². The van der Waals surface area contributed by atoms with Gasteiger partial charge in [0.1, 0.15) is 0 Å². The van der Waals surface area contributed by atoms with E-state index in [0.717, 1.165) is 12.1 Å². The predicted molar refractivity (Wildman–Crippen MR) is 92.6 cm³/mol. The Kier molecular flexibility index (Phi) is 4.12. The second kappa shape index (κ2) is 6.19. The third-order valence-corrected chi connectivity index (χ3v) is 4.09. The van der Waals surface area contributed by atoms with Crippen LogP contribution in [-0.4, -0.2) is 6.54 Å². The predicted octanol–water partition coefficient (Wildman–Crippen LogP) is 5.74. The highest BCUT2D eigenvalue weighted by atomic mass is 35.5. The molecule has 0 aliphatic rings. The standard InChI is InChI=1S/C19H18ClN/c1-2-21(18-12-6-4-9-16(18)14-20)19-13-7-10-15-8-3-5-11-17(15)19/h3-13H,2,14H2,1H3. The summed E-state index contributed by atoms with van der Waals surface area (Å²) in [6.45, 7) is 3.08. The highest BCUT2D eigenvalue weighted by Crippen LogP contribution is 2.34. The van der Waals surface area contributed by atoms with Crippen LogP contribution in [0.15, 0.2) is 66.7 Å². The van der Waals surface area contributed by atoms with Crippen LogP contribution in [0.5, 0.6) is 0 Å². The number of fused-ring (bicyclic) bond motifs is 1. The fourth-order valence-electron chi connectivity index (χ4n) is 2.80. The molecule has 0 aliphatic heterocycles. The van der Waals surface area contributed by atoms with E-state index in [2.05, 4.69) is 72.5 Å². The second-order valence-electron chi connectivity index (χ2n) is 5.00. The van der Waals surface area contributed by atoms with Gasteiger partial charge in [0.25, 0.3) is 0 Å². The SMILES string of the molecule is CCN(c1ccccc1CCl)c1cccc2ccccc12. The lowest BCUT2D eigenvalue weighted by molar-refractivity contribution is 1.02. The highest BCUT2D eigenvalue weighted by Gasteiger charge is 2.13. The lowest BCUT2D eigenvalue weighted by Crippen LogP contribution is -2.17. The van der Waals surface area contributed by atoms with Crippen LogP contribution in [0.3, 0.4) is 0 Å². The maximum Gasteiger partial charge on any atom is 0.0494 e. The molecule has 2 heteroatoms. The Labute approximate surface area is 130 Å². The minimum atomic E-state index is 0.525. The highest BCUT2D eigenvalue weighted by molar-refractivity contribution is 6.17. The smallest absolute Gasteiger partial charge is 0.0494 e. The zero-order chi connectivity index (χ0) is 14.7. The molecular formula is C19H18ClN. The van der Waals surface area contributed by atoms with Crippen LogP contribution in [0.25, 0.3) is 10.8 Å². The number of hydrogen-bond donors (Lipinski definition) is 0. The summed E-state index contributed by atoms with van der Waals surface area (Å²) in [4.78, 5) is 2.33. The molecule has 0 aromatic heterocycles. The lowest BCUT2D eigenvalue weighted by atomic mass is 10.1. The van der Waals surface area contributed by atoms with Gasteiger partial charge in [-0.05, 0) is 30.0 Å². The molecule has 0 N–H and O–H groups in total. The van der Waals surface area contributed by atoms with Crippen LogP contribution < -0.4 is 4.90 Å². The van der Waals surface area contributed by atoms with E-state index in [4.69, 9.17) is 11.6 Å². The molecule has 0 amide bonds. The van der Waals surface area contributed by atoms with Crippen LogP contribution in [0.2, 0.25) is 0 Å². The number of anilines is 2. The van der Waals surface area contributed by atoms with Crippen molar-refractivity contribution in [3.05, 3.63) is 72.3 Å². The number of benzene rings is 3. The van der Waals surface area contributed by atoms with E-state index in [-0.39, 0.29) is 0 Å². The average Bonchev–Trinajstić information content (AvgIpc) is 2.56. The molecule has 0 saturated carbocycles. The fraction of sp³-hybridized carbons (Fsp3) is 0.158. The number of nitrogens with zero attached hydrogens (tertiary/aromatic N) is 1. The van der Waals surface area contributed by atoms with Gasteiger partial charge in [-0.15, -0.1) is 11.6 Å². The molecule has 3 aromatic carbocycles. The second-order valence-corrected chi connectivity index (χ2v) is 5.27. The molecule has 0 bridgehead atoms. The van der Waals surface area contributed by atoms with Gasteiger partial charge < -0.3 is 4.90 Å². The zero-order valence-corrected chi connectivity index (χ0v) is 12.8. The van der Waals surface area contributed by atoms with E-state index < -0.39 is 0 Å². The maximum atomic E-state index is 6.11. The lowest BCUT2D eigenvalue weighted by Gasteiger charge is -2.27. The van der Waals surface area contributed by atoms with Crippen molar-refractivity contribution in [1.29, 1.82) is 0 Å². The van der Waals surface area contributed by atoms with E-state index in [1.165, 1.54) is 22.1 Å². The molecule has 106 valence electrons. The van der Waals surface area contributed by atoms with Crippen LogP contribution in [-0.2, 0) is 5.88 Å². The minimum Gasteiger partial charge on any atom is -0.341 e. The third kappa shape index (κ3) is 2.62. The first-order valence-electron chi connectivity index (χ1n) is 7.24. The number of alkyl halides is 1. The molecule has 0 spiro atoms. The molecule has 0 atom stereocenters. The zero-order valence-electron chi connectivity index (χ0n) is 12.1. The third-order valence-electron chi connectivity index (χ3n) is 3.80. The summed E-state index contributed by atoms with van der Waals surface area (Å²) >= 11 is 6.11. The quantitative estimate of drug-likeness (QED) is 0.555. The van der Waals surface area contributed by atoms with Gasteiger partial charge in [-0.2, -0.15) is 0 Å². The van der Waals surface area contributed by atoms with Crippen LogP contribution in [0.1, 0.15) is 12.5 Å². The minimum absolute atomic E-state index is 0.525. The first kappa shape index (κ1) is 14.0. The van der Waals surface area contributed by atoms with E-state index in [0.29, 0.717) is 5.88 Å². The first-order chi connectivity index (χ1) is 10.3. The van der Waals surface area contributed by atoms with Crippen molar-refractivity contribution in [3.63, 3.8) is 0 Å². The molecule has 0 unspecified atom stereocenters. The van der Waals surface area contributed by atoms with Crippen molar-refractivity contribution >= 4 is 33.7 Å². The Balaban J connectivity index is 2.19. The van der Waals surface area contributed by atoms with Crippen molar-refractivity contribution in [2.75, 3.05) is 11.4 Å². The molecule has 0 fully saturated rings. The Hall–Kier alpha value is -1.99. The van der Waals surface area contributed by atoms with Gasteiger partial charge in [0, 0.05) is 29.2 Å². The van der Waals surface area contributed by atoms with Gasteiger partial charge in [-0.25, -0.2) is 0 Å². The molecular weight excluding hydrogens is 278 g/mol. The Morgan fingerprint density at radius 3 is 2.29 bits per heavy atom. The largest absolute Gasteiger partial charge is 0.341 e.